The first kappa shape index (κ1) is 47.8. The predicted molar refractivity (Wildman–Crippen MR) is 262 cm³/mol. The van der Waals surface area contributed by atoms with Gasteiger partial charge >= 0.3 is 6.09 Å². The molecule has 0 aromatic heterocycles. The van der Waals surface area contributed by atoms with Gasteiger partial charge in [0.1, 0.15) is 29.5 Å². The number of ether oxygens (including phenoxy) is 4. The maximum Gasteiger partial charge on any atom is 0.412 e. The van der Waals surface area contributed by atoms with E-state index in [1.54, 1.807) is 12.0 Å². The summed E-state index contributed by atoms with van der Waals surface area (Å²) in [6.45, 7) is 10.3. The van der Waals surface area contributed by atoms with Crippen molar-refractivity contribution >= 4 is 35.0 Å². The summed E-state index contributed by atoms with van der Waals surface area (Å²) in [6, 6.07) is 22.3. The average molecular weight is 916 g/mol. The van der Waals surface area contributed by atoms with Gasteiger partial charge in [0.2, 0.25) is 5.91 Å². The highest BCUT2D eigenvalue weighted by atomic mass is 16.6. The van der Waals surface area contributed by atoms with Crippen molar-refractivity contribution in [2.24, 2.45) is 10.9 Å². The second-order valence-electron chi connectivity index (χ2n) is 18.4. The molecule has 4 unspecified atom stereocenters. The molecule has 8 rings (SSSR count). The van der Waals surface area contributed by atoms with Crippen molar-refractivity contribution in [1.82, 2.24) is 20.0 Å². The molecule has 3 fully saturated rings. The highest BCUT2D eigenvalue weighted by Crippen LogP contribution is 2.37. The van der Waals surface area contributed by atoms with Crippen LogP contribution in [0, 0.1) is 12.8 Å². The number of nitrogens with one attached hydrogen (secondary N) is 2. The van der Waals surface area contributed by atoms with Crippen molar-refractivity contribution in [3.05, 3.63) is 102 Å². The Morgan fingerprint density at radius 2 is 1.64 bits per heavy atom. The Labute approximate surface area is 396 Å². The van der Waals surface area contributed by atoms with Crippen LogP contribution < -0.4 is 29.7 Å². The zero-order chi connectivity index (χ0) is 46.5. The quantitative estimate of drug-likeness (QED) is 0.108. The van der Waals surface area contributed by atoms with Crippen molar-refractivity contribution in [1.29, 1.82) is 0 Å². The largest absolute Gasteiger partial charge is 0.495 e. The molecule has 3 amide bonds. The third-order valence-corrected chi connectivity index (χ3v) is 13.8. The van der Waals surface area contributed by atoms with Crippen LogP contribution in [0.1, 0.15) is 75.8 Å². The Balaban J connectivity index is 0.692. The number of aliphatic imine (C=N–C) groups is 1. The molecular formula is C53H69N7O7. The van der Waals surface area contributed by atoms with Gasteiger partial charge < -0.3 is 29.2 Å². The van der Waals surface area contributed by atoms with E-state index in [0.29, 0.717) is 74.4 Å². The van der Waals surface area contributed by atoms with Crippen LogP contribution in [0.5, 0.6) is 17.2 Å². The van der Waals surface area contributed by atoms with Gasteiger partial charge in [0.05, 0.1) is 36.7 Å². The molecule has 4 atom stereocenters. The van der Waals surface area contributed by atoms with Crippen LogP contribution in [0.25, 0.3) is 0 Å². The topological polar surface area (TPSA) is 138 Å². The van der Waals surface area contributed by atoms with Gasteiger partial charge in [-0.15, -0.1) is 0 Å². The summed E-state index contributed by atoms with van der Waals surface area (Å²) < 4.78 is 23.2. The molecule has 0 radical (unpaired) electrons. The molecule has 4 aliphatic heterocycles. The number of carbonyl (C=O) groups excluding carboxylic acids is 3. The number of piperazine rings is 1. The van der Waals surface area contributed by atoms with Crippen LogP contribution in [-0.2, 0) is 20.9 Å². The molecule has 67 heavy (non-hydrogen) atoms. The van der Waals surface area contributed by atoms with Crippen LogP contribution >= 0.6 is 0 Å². The normalized spacial score (nSPS) is 22.8. The number of carbonyl (C=O) groups is 3. The van der Waals surface area contributed by atoms with Gasteiger partial charge in [0.15, 0.2) is 6.61 Å². The number of hydrogen-bond acceptors (Lipinski definition) is 11. The molecule has 3 aromatic carbocycles. The van der Waals surface area contributed by atoms with Crippen LogP contribution in [0.3, 0.4) is 0 Å². The number of amides is 3. The lowest BCUT2D eigenvalue weighted by atomic mass is 9.82. The molecule has 358 valence electrons. The van der Waals surface area contributed by atoms with Crippen LogP contribution in [-0.4, -0.2) is 129 Å². The fraction of sp³-hybridized carbons (Fsp3) is 0.509. The minimum Gasteiger partial charge on any atom is -0.495 e. The van der Waals surface area contributed by atoms with Gasteiger partial charge in [0.25, 0.3) is 5.91 Å². The second-order valence-corrected chi connectivity index (χ2v) is 18.4. The Morgan fingerprint density at radius 1 is 0.866 bits per heavy atom. The number of para-hydroxylation sites is 2. The van der Waals surface area contributed by atoms with E-state index in [1.165, 1.54) is 44.1 Å². The predicted octanol–water partition coefficient (Wildman–Crippen LogP) is 7.77. The third-order valence-electron chi connectivity index (χ3n) is 13.8. The zero-order valence-corrected chi connectivity index (χ0v) is 39.6. The van der Waals surface area contributed by atoms with E-state index in [1.807, 2.05) is 97.6 Å². The van der Waals surface area contributed by atoms with Gasteiger partial charge in [-0.1, -0.05) is 67.8 Å². The number of aryl methyl sites for hydroxylation is 1. The molecule has 14 nitrogen and oxygen atoms in total. The Bertz CT molecular complexity index is 2230. The van der Waals surface area contributed by atoms with Gasteiger partial charge in [-0.25, -0.2) is 4.79 Å². The minimum atomic E-state index is -0.418. The summed E-state index contributed by atoms with van der Waals surface area (Å²) in [7, 11) is 1.60. The molecule has 5 aliphatic rings. The summed E-state index contributed by atoms with van der Waals surface area (Å²) >= 11 is 0. The molecule has 2 N–H and O–H groups in total. The monoisotopic (exact) mass is 916 g/mol. The van der Waals surface area contributed by atoms with E-state index in [2.05, 4.69) is 32.6 Å². The number of piperidine rings is 2. The molecule has 1 aliphatic carbocycles. The molecular weight excluding hydrogens is 847 g/mol. The van der Waals surface area contributed by atoms with E-state index in [-0.39, 0.29) is 24.5 Å². The van der Waals surface area contributed by atoms with Crippen molar-refractivity contribution < 1.29 is 33.3 Å². The minimum absolute atomic E-state index is 0.0103. The molecule has 0 saturated carbocycles. The van der Waals surface area contributed by atoms with E-state index in [4.69, 9.17) is 23.9 Å². The Morgan fingerprint density at radius 3 is 2.42 bits per heavy atom. The van der Waals surface area contributed by atoms with Crippen molar-refractivity contribution in [3.8, 4) is 17.2 Å². The lowest BCUT2D eigenvalue weighted by Crippen LogP contribution is -2.56. The summed E-state index contributed by atoms with van der Waals surface area (Å²) in [5, 5.41) is 6.49. The smallest absolute Gasteiger partial charge is 0.412 e. The number of methoxy groups -OCH3 is 1. The van der Waals surface area contributed by atoms with Crippen LogP contribution in [0.2, 0.25) is 0 Å². The lowest BCUT2D eigenvalue weighted by molar-refractivity contribution is -0.135. The fourth-order valence-corrected chi connectivity index (χ4v) is 10.3. The first-order chi connectivity index (χ1) is 32.8. The number of unbranched alkanes of at least 4 members (excludes halogenated alkanes) is 3. The third kappa shape index (κ3) is 12.5. The highest BCUT2D eigenvalue weighted by molar-refractivity contribution is 6.18. The zero-order valence-electron chi connectivity index (χ0n) is 39.6. The maximum absolute atomic E-state index is 13.9. The van der Waals surface area contributed by atoms with E-state index in [9.17, 15) is 14.4 Å². The highest BCUT2D eigenvalue weighted by Gasteiger charge is 2.41. The Kier molecular flexibility index (Phi) is 16.7. The SMILES string of the molecule is CCOc1ccccc1N1C(=O)C2C=CC=CC2=NC1CN1CCN(C(=O)COc2ccc(CNCCCCCCN3C4CCCC3CC(OC(=O)Nc3cc(C)ccc3OC)C4)cc2)CC1. The number of allylic oxidation sites excluding steroid dienone is 3. The summed E-state index contributed by atoms with van der Waals surface area (Å²) in [5.74, 6) is 1.51. The van der Waals surface area contributed by atoms with Gasteiger partial charge in [-0.05, 0) is 106 Å². The summed E-state index contributed by atoms with van der Waals surface area (Å²) in [6.07, 6.45) is 16.9. The van der Waals surface area contributed by atoms with Crippen molar-refractivity contribution in [2.75, 3.05) is 76.4 Å². The van der Waals surface area contributed by atoms with Crippen LogP contribution in [0.15, 0.2) is 96.0 Å². The summed E-state index contributed by atoms with van der Waals surface area (Å²) in [5.41, 5.74) is 4.37. The molecule has 3 aromatic rings. The van der Waals surface area contributed by atoms with Crippen molar-refractivity contribution in [3.63, 3.8) is 0 Å². The van der Waals surface area contributed by atoms with Gasteiger partial charge in [0, 0.05) is 64.2 Å². The number of rotatable bonds is 20. The number of nitrogens with zero attached hydrogens (tertiary/aromatic N) is 5. The first-order valence-corrected chi connectivity index (χ1v) is 24.5. The molecule has 14 heteroatoms. The molecule has 3 saturated heterocycles. The van der Waals surface area contributed by atoms with Crippen LogP contribution in [0.4, 0.5) is 16.2 Å². The van der Waals surface area contributed by atoms with Gasteiger partial charge in [-0.3, -0.25) is 34.6 Å². The van der Waals surface area contributed by atoms with Gasteiger partial charge in [-0.2, -0.15) is 0 Å². The fourth-order valence-electron chi connectivity index (χ4n) is 10.3. The second kappa shape index (κ2) is 23.3. The molecule has 4 heterocycles. The summed E-state index contributed by atoms with van der Waals surface area (Å²) in [4.78, 5) is 53.7. The first-order valence-electron chi connectivity index (χ1n) is 24.5. The maximum atomic E-state index is 13.9. The van der Waals surface area contributed by atoms with Crippen molar-refractivity contribution in [2.45, 2.75) is 103 Å². The molecule has 2 bridgehead atoms. The number of fused-ring (bicyclic) bond motifs is 3. The number of benzene rings is 3. The number of hydrogen-bond donors (Lipinski definition) is 2. The van der Waals surface area contributed by atoms with E-state index in [0.717, 1.165) is 55.9 Å². The van der Waals surface area contributed by atoms with E-state index >= 15 is 0 Å². The lowest BCUT2D eigenvalue weighted by Gasteiger charge is -2.48. The standard InChI is InChI=1S/C53H69N7O7/c1-4-65-49-19-10-9-18-47(49)60-50(55-45-17-8-7-16-44(45)52(60)62)36-57-28-30-58(31-29-57)51(61)37-66-42-23-21-39(22-24-42)35-54-26-11-5-6-12-27-59-40-14-13-15-41(59)34-43(33-40)67-53(63)56-46-32-38(2)20-25-48(46)64-3/h7-10,16-25,32,40-41,43-44,50,54H,4-6,11-15,26-31,33-37H2,1-3H3,(H,56,63). The van der Waals surface area contributed by atoms with E-state index < -0.39 is 18.2 Å². The molecule has 0 spiro atoms. The Hall–Kier alpha value is -5.70. The average Bonchev–Trinajstić information content (AvgIpc) is 3.33. The number of anilines is 2.